The van der Waals surface area contributed by atoms with Crippen LogP contribution in [0.4, 0.5) is 0 Å². The number of carboxylic acids is 1. The fraction of sp³-hybridized carbons (Fsp3) is 0.529. The molecule has 1 aromatic carbocycles. The van der Waals surface area contributed by atoms with Gasteiger partial charge in [0.05, 0.1) is 6.61 Å². The van der Waals surface area contributed by atoms with Gasteiger partial charge in [-0.05, 0) is 50.3 Å². The molecule has 0 aliphatic carbocycles. The number of rotatable bonds is 6. The Kier molecular flexibility index (Phi) is 5.81. The molecule has 1 aromatic rings. The molecule has 1 fully saturated rings. The number of amides is 1. The number of ether oxygens (including phenoxy) is 1. The van der Waals surface area contributed by atoms with Crippen molar-refractivity contribution < 1.29 is 19.4 Å². The summed E-state index contributed by atoms with van der Waals surface area (Å²) in [5.41, 5.74) is 0.629. The Morgan fingerprint density at radius 3 is 2.95 bits per heavy atom. The predicted octanol–water partition coefficient (Wildman–Crippen LogP) is 2.80. The Hall–Kier alpha value is -2.04. The van der Waals surface area contributed by atoms with E-state index in [2.05, 4.69) is 0 Å². The summed E-state index contributed by atoms with van der Waals surface area (Å²) in [7, 11) is 0. The zero-order valence-corrected chi connectivity index (χ0v) is 13.0. The van der Waals surface area contributed by atoms with E-state index in [9.17, 15) is 9.59 Å². The summed E-state index contributed by atoms with van der Waals surface area (Å²) < 4.78 is 5.43. The van der Waals surface area contributed by atoms with E-state index in [1.54, 1.807) is 12.1 Å². The average Bonchev–Trinajstić information content (AvgIpc) is 2.53. The number of carbonyl (C=O) groups excluding carboxylic acids is 1. The smallest absolute Gasteiger partial charge is 0.303 e. The molecule has 0 radical (unpaired) electrons. The van der Waals surface area contributed by atoms with E-state index in [1.165, 1.54) is 0 Å². The number of aliphatic carboxylic acids is 1. The van der Waals surface area contributed by atoms with Crippen LogP contribution in [0.15, 0.2) is 24.3 Å². The van der Waals surface area contributed by atoms with Gasteiger partial charge in [-0.1, -0.05) is 6.07 Å². The lowest BCUT2D eigenvalue weighted by Gasteiger charge is -2.32. The van der Waals surface area contributed by atoms with E-state index >= 15 is 0 Å². The number of hydrogen-bond acceptors (Lipinski definition) is 3. The topological polar surface area (TPSA) is 66.8 Å². The van der Waals surface area contributed by atoms with Crippen LogP contribution in [0, 0.1) is 5.92 Å². The van der Waals surface area contributed by atoms with Gasteiger partial charge in [0.25, 0.3) is 5.91 Å². The number of benzene rings is 1. The van der Waals surface area contributed by atoms with Crippen molar-refractivity contribution in [3.8, 4) is 5.75 Å². The monoisotopic (exact) mass is 305 g/mol. The minimum atomic E-state index is -0.770. The molecule has 0 bridgehead atoms. The Balaban J connectivity index is 1.99. The van der Waals surface area contributed by atoms with Gasteiger partial charge < -0.3 is 14.7 Å². The van der Waals surface area contributed by atoms with Gasteiger partial charge in [0.1, 0.15) is 5.75 Å². The molecule has 1 saturated heterocycles. The Labute approximate surface area is 130 Å². The van der Waals surface area contributed by atoms with Gasteiger partial charge in [-0.15, -0.1) is 0 Å². The maximum absolute atomic E-state index is 12.6. The first-order chi connectivity index (χ1) is 10.6. The number of hydrogen-bond donors (Lipinski definition) is 1. The van der Waals surface area contributed by atoms with Crippen molar-refractivity contribution in [1.29, 1.82) is 0 Å². The summed E-state index contributed by atoms with van der Waals surface area (Å²) in [5, 5.41) is 8.78. The fourth-order valence-corrected chi connectivity index (χ4v) is 2.88. The Morgan fingerprint density at radius 1 is 1.41 bits per heavy atom. The third-order valence-corrected chi connectivity index (χ3v) is 3.96. The van der Waals surface area contributed by atoms with Gasteiger partial charge in [0, 0.05) is 25.1 Å². The maximum atomic E-state index is 12.6. The summed E-state index contributed by atoms with van der Waals surface area (Å²) in [6.07, 6.45) is 2.74. The van der Waals surface area contributed by atoms with E-state index in [0.717, 1.165) is 19.4 Å². The van der Waals surface area contributed by atoms with Crippen LogP contribution >= 0.6 is 0 Å². The molecule has 0 unspecified atom stereocenters. The molecule has 1 N–H and O–H groups in total. The van der Waals surface area contributed by atoms with Crippen molar-refractivity contribution >= 4 is 11.9 Å². The normalized spacial score (nSPS) is 18.0. The second kappa shape index (κ2) is 7.82. The second-order valence-electron chi connectivity index (χ2n) is 5.65. The van der Waals surface area contributed by atoms with Crippen molar-refractivity contribution in [2.24, 2.45) is 5.92 Å². The molecule has 1 amide bonds. The second-order valence-corrected chi connectivity index (χ2v) is 5.65. The maximum Gasteiger partial charge on any atom is 0.303 e. The highest BCUT2D eigenvalue weighted by atomic mass is 16.5. The Bertz CT molecular complexity index is 529. The van der Waals surface area contributed by atoms with Gasteiger partial charge >= 0.3 is 5.97 Å². The molecule has 0 aromatic heterocycles. The summed E-state index contributed by atoms with van der Waals surface area (Å²) in [6, 6.07) is 7.23. The lowest BCUT2D eigenvalue weighted by atomic mass is 9.93. The first-order valence-corrected chi connectivity index (χ1v) is 7.84. The van der Waals surface area contributed by atoms with Gasteiger partial charge in [0.15, 0.2) is 0 Å². The van der Waals surface area contributed by atoms with Gasteiger partial charge in [-0.25, -0.2) is 0 Å². The molecule has 120 valence electrons. The van der Waals surface area contributed by atoms with Crippen LogP contribution in [0.25, 0.3) is 0 Å². The SMILES string of the molecule is CCOc1cccc(C(=O)N2CCC[C@H](CCC(=O)O)C2)c1. The molecule has 22 heavy (non-hydrogen) atoms. The van der Waals surface area contributed by atoms with E-state index in [1.807, 2.05) is 24.0 Å². The van der Waals surface area contributed by atoms with Gasteiger partial charge in [-0.3, -0.25) is 9.59 Å². The number of carbonyl (C=O) groups is 2. The van der Waals surface area contributed by atoms with Crippen LogP contribution in [-0.4, -0.2) is 41.6 Å². The van der Waals surface area contributed by atoms with Crippen LogP contribution in [0.2, 0.25) is 0 Å². The molecule has 5 nitrogen and oxygen atoms in total. The zero-order chi connectivity index (χ0) is 15.9. The number of likely N-dealkylation sites (tertiary alicyclic amines) is 1. The predicted molar refractivity (Wildman–Crippen MR) is 83.1 cm³/mol. The first-order valence-electron chi connectivity index (χ1n) is 7.84. The molecule has 1 atom stereocenters. The molecule has 1 aliphatic rings. The summed E-state index contributed by atoms with van der Waals surface area (Å²) >= 11 is 0. The van der Waals surface area contributed by atoms with Crippen molar-refractivity contribution in [1.82, 2.24) is 4.90 Å². The molecule has 2 rings (SSSR count). The molecule has 1 aliphatic heterocycles. The minimum absolute atomic E-state index is 0.00146. The molecule has 0 saturated carbocycles. The van der Waals surface area contributed by atoms with Crippen molar-refractivity contribution in [2.45, 2.75) is 32.6 Å². The Morgan fingerprint density at radius 2 is 2.23 bits per heavy atom. The molecular formula is C17H23NO4. The highest BCUT2D eigenvalue weighted by molar-refractivity contribution is 5.94. The quantitative estimate of drug-likeness (QED) is 0.877. The molecular weight excluding hydrogens is 282 g/mol. The van der Waals surface area contributed by atoms with Crippen molar-refractivity contribution in [3.63, 3.8) is 0 Å². The minimum Gasteiger partial charge on any atom is -0.494 e. The number of piperidine rings is 1. The fourth-order valence-electron chi connectivity index (χ4n) is 2.88. The third-order valence-electron chi connectivity index (χ3n) is 3.96. The van der Waals surface area contributed by atoms with Gasteiger partial charge in [-0.2, -0.15) is 0 Å². The lowest BCUT2D eigenvalue weighted by Crippen LogP contribution is -2.40. The van der Waals surface area contributed by atoms with Crippen LogP contribution < -0.4 is 4.74 Å². The van der Waals surface area contributed by atoms with Gasteiger partial charge in [0.2, 0.25) is 0 Å². The van der Waals surface area contributed by atoms with E-state index in [0.29, 0.717) is 30.9 Å². The van der Waals surface area contributed by atoms with E-state index in [4.69, 9.17) is 9.84 Å². The molecule has 5 heteroatoms. The summed E-state index contributed by atoms with van der Waals surface area (Å²) in [6.45, 7) is 3.86. The van der Waals surface area contributed by atoms with Crippen LogP contribution in [0.5, 0.6) is 5.75 Å². The third kappa shape index (κ3) is 4.48. The lowest BCUT2D eigenvalue weighted by molar-refractivity contribution is -0.137. The van der Waals surface area contributed by atoms with E-state index < -0.39 is 5.97 Å². The average molecular weight is 305 g/mol. The number of nitrogens with zero attached hydrogens (tertiary/aromatic N) is 1. The number of carboxylic acid groups (broad SMARTS) is 1. The molecule has 0 spiro atoms. The van der Waals surface area contributed by atoms with Crippen molar-refractivity contribution in [2.75, 3.05) is 19.7 Å². The summed E-state index contributed by atoms with van der Waals surface area (Å²) in [5.74, 6) is 0.214. The van der Waals surface area contributed by atoms with Crippen LogP contribution in [-0.2, 0) is 4.79 Å². The first kappa shape index (κ1) is 16.3. The largest absolute Gasteiger partial charge is 0.494 e. The van der Waals surface area contributed by atoms with Crippen LogP contribution in [0.1, 0.15) is 43.0 Å². The van der Waals surface area contributed by atoms with Crippen LogP contribution in [0.3, 0.4) is 0 Å². The highest BCUT2D eigenvalue weighted by Gasteiger charge is 2.25. The summed E-state index contributed by atoms with van der Waals surface area (Å²) in [4.78, 5) is 25.1. The zero-order valence-electron chi connectivity index (χ0n) is 13.0. The van der Waals surface area contributed by atoms with E-state index in [-0.39, 0.29) is 18.2 Å². The highest BCUT2D eigenvalue weighted by Crippen LogP contribution is 2.23. The molecule has 1 heterocycles. The standard InChI is InChI=1S/C17H23NO4/c1-2-22-15-7-3-6-14(11-15)17(21)18-10-4-5-13(12-18)8-9-16(19)20/h3,6-7,11,13H,2,4-5,8-10,12H2,1H3,(H,19,20)/t13-/m1/s1. The van der Waals surface area contributed by atoms with Crippen molar-refractivity contribution in [3.05, 3.63) is 29.8 Å².